The molecule has 90 valence electrons. The Labute approximate surface area is 108 Å². The van der Waals surface area contributed by atoms with Gasteiger partial charge in [0.25, 0.3) is 5.91 Å². The van der Waals surface area contributed by atoms with Crippen molar-refractivity contribution in [3.05, 3.63) is 46.2 Å². The summed E-state index contributed by atoms with van der Waals surface area (Å²) in [5.41, 5.74) is 1.75. The van der Waals surface area contributed by atoms with Crippen LogP contribution < -0.4 is 5.32 Å². The molecule has 0 aliphatic heterocycles. The number of hydrogen-bond donors (Lipinski definition) is 2. The molecule has 4 nitrogen and oxygen atoms in total. The predicted octanol–water partition coefficient (Wildman–Crippen LogP) is 3.19. The first kappa shape index (κ1) is 11.0. The van der Waals surface area contributed by atoms with Gasteiger partial charge in [-0.05, 0) is 31.2 Å². The molecule has 0 bridgehead atoms. The third-order valence-electron chi connectivity index (χ3n) is 2.59. The third-order valence-corrected chi connectivity index (χ3v) is 3.58. The van der Waals surface area contributed by atoms with Crippen LogP contribution in [0.1, 0.15) is 14.5 Å². The van der Waals surface area contributed by atoms with E-state index in [0.29, 0.717) is 10.8 Å². The average molecular weight is 257 g/mol. The first-order valence-electron chi connectivity index (χ1n) is 5.55. The first-order valence-corrected chi connectivity index (χ1v) is 6.36. The summed E-state index contributed by atoms with van der Waals surface area (Å²) in [5.74, 6) is 0.347. The van der Waals surface area contributed by atoms with Crippen molar-refractivity contribution in [2.24, 2.45) is 0 Å². The normalized spacial score (nSPS) is 10.7. The van der Waals surface area contributed by atoms with Gasteiger partial charge in [-0.1, -0.05) is 12.1 Å². The van der Waals surface area contributed by atoms with Crippen LogP contribution in [0.5, 0.6) is 0 Å². The van der Waals surface area contributed by atoms with Gasteiger partial charge in [0.05, 0.1) is 15.9 Å². The van der Waals surface area contributed by atoms with Crippen molar-refractivity contribution in [1.82, 2.24) is 9.97 Å². The number of fused-ring (bicyclic) bond motifs is 1. The molecule has 0 radical (unpaired) electrons. The first-order chi connectivity index (χ1) is 8.72. The topological polar surface area (TPSA) is 57.8 Å². The molecular formula is C13H11N3OS. The fourth-order valence-corrected chi connectivity index (χ4v) is 2.50. The summed E-state index contributed by atoms with van der Waals surface area (Å²) in [5, 5.41) is 2.77. The Balaban J connectivity index is 1.86. The zero-order chi connectivity index (χ0) is 12.5. The van der Waals surface area contributed by atoms with Crippen molar-refractivity contribution in [2.75, 3.05) is 5.32 Å². The van der Waals surface area contributed by atoms with E-state index in [4.69, 9.17) is 0 Å². The molecule has 18 heavy (non-hydrogen) atoms. The van der Waals surface area contributed by atoms with E-state index in [2.05, 4.69) is 15.3 Å². The molecule has 3 rings (SSSR count). The Morgan fingerprint density at radius 1 is 1.28 bits per heavy atom. The van der Waals surface area contributed by atoms with Crippen molar-refractivity contribution in [1.29, 1.82) is 0 Å². The van der Waals surface area contributed by atoms with E-state index in [1.54, 1.807) is 0 Å². The second kappa shape index (κ2) is 4.27. The standard InChI is InChI=1S/C13H11N3OS/c1-8-6-7-11(18-8)12(17)16-13-14-9-4-2-3-5-10(9)15-13/h2-7H,1H3,(H2,14,15,16,17). The highest BCUT2D eigenvalue weighted by atomic mass is 32.1. The minimum absolute atomic E-state index is 0.132. The molecule has 0 unspecified atom stereocenters. The number of anilines is 1. The van der Waals surface area contributed by atoms with Gasteiger partial charge in [0, 0.05) is 4.88 Å². The van der Waals surface area contributed by atoms with Gasteiger partial charge in [-0.15, -0.1) is 11.3 Å². The number of carbonyl (C=O) groups excluding carboxylic acids is 1. The number of benzene rings is 1. The molecular weight excluding hydrogens is 246 g/mol. The van der Waals surface area contributed by atoms with Crippen LogP contribution >= 0.6 is 11.3 Å². The average Bonchev–Trinajstić information content (AvgIpc) is 2.94. The second-order valence-corrected chi connectivity index (χ2v) is 5.25. The summed E-state index contributed by atoms with van der Waals surface area (Å²) < 4.78 is 0. The molecule has 0 aliphatic carbocycles. The van der Waals surface area contributed by atoms with E-state index in [-0.39, 0.29) is 5.91 Å². The molecule has 0 saturated carbocycles. The van der Waals surface area contributed by atoms with Crippen molar-refractivity contribution in [3.63, 3.8) is 0 Å². The van der Waals surface area contributed by atoms with E-state index in [1.807, 2.05) is 43.3 Å². The summed E-state index contributed by atoms with van der Waals surface area (Å²) in [4.78, 5) is 21.1. The van der Waals surface area contributed by atoms with Gasteiger partial charge < -0.3 is 4.98 Å². The van der Waals surface area contributed by atoms with E-state index in [9.17, 15) is 4.79 Å². The Bertz CT molecular complexity index is 681. The zero-order valence-corrected chi connectivity index (χ0v) is 10.5. The maximum absolute atomic E-state index is 11.9. The summed E-state index contributed by atoms with van der Waals surface area (Å²) in [6.07, 6.45) is 0. The summed E-state index contributed by atoms with van der Waals surface area (Å²) >= 11 is 1.47. The molecule has 0 aliphatic rings. The molecule has 1 aromatic carbocycles. The number of aryl methyl sites for hydroxylation is 1. The van der Waals surface area contributed by atoms with Crippen LogP contribution in [-0.2, 0) is 0 Å². The number of para-hydroxylation sites is 2. The number of aromatic amines is 1. The SMILES string of the molecule is Cc1ccc(C(=O)Nc2nc3ccccc3[nH]2)s1. The highest BCUT2D eigenvalue weighted by Gasteiger charge is 2.10. The fraction of sp³-hybridized carbons (Fsp3) is 0.0769. The van der Waals surface area contributed by atoms with Crippen molar-refractivity contribution < 1.29 is 4.79 Å². The summed E-state index contributed by atoms with van der Waals surface area (Å²) in [6.45, 7) is 1.97. The smallest absolute Gasteiger partial charge is 0.268 e. The predicted molar refractivity (Wildman–Crippen MR) is 73.1 cm³/mol. The van der Waals surface area contributed by atoms with Crippen molar-refractivity contribution in [2.45, 2.75) is 6.92 Å². The van der Waals surface area contributed by atoms with Crippen LogP contribution in [0.4, 0.5) is 5.95 Å². The lowest BCUT2D eigenvalue weighted by molar-refractivity contribution is 0.103. The molecule has 1 amide bonds. The number of imidazole rings is 1. The van der Waals surface area contributed by atoms with Gasteiger partial charge in [0.15, 0.2) is 0 Å². The number of carbonyl (C=O) groups is 1. The lowest BCUT2D eigenvalue weighted by Gasteiger charge is -1.97. The van der Waals surface area contributed by atoms with Crippen LogP contribution in [0.15, 0.2) is 36.4 Å². The fourth-order valence-electron chi connectivity index (χ4n) is 1.74. The Kier molecular flexibility index (Phi) is 2.60. The van der Waals surface area contributed by atoms with E-state index in [0.717, 1.165) is 15.9 Å². The summed E-state index contributed by atoms with van der Waals surface area (Å²) in [7, 11) is 0. The van der Waals surface area contributed by atoms with E-state index >= 15 is 0 Å². The molecule has 2 heterocycles. The highest BCUT2D eigenvalue weighted by molar-refractivity contribution is 7.14. The number of nitrogens with one attached hydrogen (secondary N) is 2. The number of H-pyrrole nitrogens is 1. The van der Waals surface area contributed by atoms with Gasteiger partial charge >= 0.3 is 0 Å². The van der Waals surface area contributed by atoms with Crippen LogP contribution in [0.3, 0.4) is 0 Å². The Morgan fingerprint density at radius 3 is 2.83 bits per heavy atom. The van der Waals surface area contributed by atoms with Crippen LogP contribution in [0, 0.1) is 6.92 Å². The number of amides is 1. The molecule has 3 aromatic rings. The Hall–Kier alpha value is -2.14. The van der Waals surface area contributed by atoms with Crippen LogP contribution in [-0.4, -0.2) is 15.9 Å². The molecule has 5 heteroatoms. The van der Waals surface area contributed by atoms with Crippen LogP contribution in [0.2, 0.25) is 0 Å². The number of thiophene rings is 1. The minimum atomic E-state index is -0.132. The van der Waals surface area contributed by atoms with Gasteiger partial charge in [-0.3, -0.25) is 10.1 Å². The molecule has 0 atom stereocenters. The number of hydrogen-bond acceptors (Lipinski definition) is 3. The number of nitrogens with zero attached hydrogens (tertiary/aromatic N) is 1. The minimum Gasteiger partial charge on any atom is -0.324 e. The molecule has 0 fully saturated rings. The highest BCUT2D eigenvalue weighted by Crippen LogP contribution is 2.18. The van der Waals surface area contributed by atoms with Gasteiger partial charge in [-0.2, -0.15) is 0 Å². The monoisotopic (exact) mass is 257 g/mol. The Morgan fingerprint density at radius 2 is 2.11 bits per heavy atom. The molecule has 2 aromatic heterocycles. The zero-order valence-electron chi connectivity index (χ0n) is 9.73. The van der Waals surface area contributed by atoms with Gasteiger partial charge in [0.1, 0.15) is 0 Å². The lowest BCUT2D eigenvalue weighted by Crippen LogP contribution is -2.11. The molecule has 0 spiro atoms. The molecule has 0 saturated heterocycles. The maximum atomic E-state index is 11.9. The quantitative estimate of drug-likeness (QED) is 0.740. The van der Waals surface area contributed by atoms with Gasteiger partial charge in [0.2, 0.25) is 5.95 Å². The van der Waals surface area contributed by atoms with Crippen molar-refractivity contribution in [3.8, 4) is 0 Å². The second-order valence-electron chi connectivity index (χ2n) is 3.97. The van der Waals surface area contributed by atoms with E-state index in [1.165, 1.54) is 11.3 Å². The van der Waals surface area contributed by atoms with Gasteiger partial charge in [-0.25, -0.2) is 4.98 Å². The van der Waals surface area contributed by atoms with Crippen LogP contribution in [0.25, 0.3) is 11.0 Å². The third kappa shape index (κ3) is 2.00. The van der Waals surface area contributed by atoms with Crippen molar-refractivity contribution >= 4 is 34.2 Å². The lowest BCUT2D eigenvalue weighted by atomic mass is 10.3. The number of aromatic nitrogens is 2. The number of rotatable bonds is 2. The molecule has 2 N–H and O–H groups in total. The largest absolute Gasteiger partial charge is 0.324 e. The van der Waals surface area contributed by atoms with E-state index < -0.39 is 0 Å². The maximum Gasteiger partial charge on any atom is 0.268 e. The summed E-state index contributed by atoms with van der Waals surface area (Å²) in [6, 6.07) is 11.4.